The highest BCUT2D eigenvalue weighted by Crippen LogP contribution is 2.23. The van der Waals surface area contributed by atoms with Crippen molar-refractivity contribution in [2.45, 2.75) is 19.4 Å². The van der Waals surface area contributed by atoms with Crippen LogP contribution in [0.3, 0.4) is 0 Å². The molecule has 1 aliphatic heterocycles. The van der Waals surface area contributed by atoms with Gasteiger partial charge in [0, 0.05) is 50.3 Å². The van der Waals surface area contributed by atoms with Gasteiger partial charge in [0.25, 0.3) is 11.6 Å². The number of ether oxygens (including phenoxy) is 1. The van der Waals surface area contributed by atoms with Crippen LogP contribution in [-0.4, -0.2) is 59.2 Å². The molecular weight excluding hydrogens is 350 g/mol. The predicted octanol–water partition coefficient (Wildman–Crippen LogP) is 2.05. The quantitative estimate of drug-likeness (QED) is 0.585. The maximum atomic E-state index is 12.7. The summed E-state index contributed by atoms with van der Waals surface area (Å²) in [5.41, 5.74) is 0.783. The third-order valence-electron chi connectivity index (χ3n) is 4.46. The number of carbonyl (C=O) groups is 1. The van der Waals surface area contributed by atoms with Crippen molar-refractivity contribution >= 4 is 17.4 Å². The molecular formula is C18H21N5O4. The van der Waals surface area contributed by atoms with Gasteiger partial charge in [-0.05, 0) is 19.1 Å². The van der Waals surface area contributed by atoms with Gasteiger partial charge in [0.15, 0.2) is 5.82 Å². The number of carbonyl (C=O) groups excluding carboxylic acids is 1. The van der Waals surface area contributed by atoms with Crippen molar-refractivity contribution < 1.29 is 14.5 Å². The fourth-order valence-corrected chi connectivity index (χ4v) is 2.92. The van der Waals surface area contributed by atoms with Gasteiger partial charge < -0.3 is 14.5 Å². The summed E-state index contributed by atoms with van der Waals surface area (Å²) in [6, 6.07) is 8.10. The number of anilines is 1. The lowest BCUT2D eigenvalue weighted by atomic mass is 10.1. The van der Waals surface area contributed by atoms with E-state index in [1.54, 1.807) is 30.0 Å². The zero-order valence-electron chi connectivity index (χ0n) is 15.5. The van der Waals surface area contributed by atoms with Crippen molar-refractivity contribution in [1.29, 1.82) is 0 Å². The van der Waals surface area contributed by atoms with E-state index in [0.717, 1.165) is 5.82 Å². The molecule has 1 unspecified atom stereocenters. The molecule has 1 aromatic carbocycles. The second kappa shape index (κ2) is 7.56. The van der Waals surface area contributed by atoms with Gasteiger partial charge in [-0.15, -0.1) is 10.2 Å². The van der Waals surface area contributed by atoms with Gasteiger partial charge in [-0.25, -0.2) is 0 Å². The lowest BCUT2D eigenvalue weighted by Crippen LogP contribution is -2.31. The van der Waals surface area contributed by atoms with Crippen LogP contribution in [0.15, 0.2) is 30.3 Å². The molecule has 9 heteroatoms. The number of amides is 1. The first-order chi connectivity index (χ1) is 12.8. The molecule has 2 heterocycles. The lowest BCUT2D eigenvalue weighted by Gasteiger charge is -2.17. The predicted molar refractivity (Wildman–Crippen MR) is 99.1 cm³/mol. The standard InChI is InChI=1S/C18H21N5O4/c1-12-4-5-13(10-15(12)23(25)26)18(24)22-9-8-14(11-22)27-17-7-6-16(19-20-17)21(2)3/h4-7,10,14H,8-9,11H2,1-3H3. The molecule has 2 aromatic rings. The lowest BCUT2D eigenvalue weighted by molar-refractivity contribution is -0.385. The average molecular weight is 371 g/mol. The molecule has 1 amide bonds. The summed E-state index contributed by atoms with van der Waals surface area (Å²) in [5.74, 6) is 0.899. The van der Waals surface area contributed by atoms with E-state index in [1.165, 1.54) is 6.07 Å². The second-order valence-electron chi connectivity index (χ2n) is 6.66. The summed E-state index contributed by atoms with van der Waals surface area (Å²) in [4.78, 5) is 26.8. The first-order valence-corrected chi connectivity index (χ1v) is 8.57. The van der Waals surface area contributed by atoms with Crippen molar-refractivity contribution in [3.05, 3.63) is 51.6 Å². The van der Waals surface area contributed by atoms with Gasteiger partial charge in [0.2, 0.25) is 5.88 Å². The van der Waals surface area contributed by atoms with E-state index in [4.69, 9.17) is 4.74 Å². The minimum absolute atomic E-state index is 0.0518. The van der Waals surface area contributed by atoms with Crippen molar-refractivity contribution in [3.63, 3.8) is 0 Å². The molecule has 0 bridgehead atoms. The van der Waals surface area contributed by atoms with Gasteiger partial charge in [0.05, 0.1) is 11.5 Å². The molecule has 142 valence electrons. The smallest absolute Gasteiger partial charge is 0.273 e. The number of likely N-dealkylation sites (tertiary alicyclic amines) is 1. The van der Waals surface area contributed by atoms with E-state index in [9.17, 15) is 14.9 Å². The maximum Gasteiger partial charge on any atom is 0.273 e. The largest absolute Gasteiger partial charge is 0.471 e. The summed E-state index contributed by atoms with van der Waals surface area (Å²) < 4.78 is 5.81. The summed E-state index contributed by atoms with van der Waals surface area (Å²) in [5, 5.41) is 19.2. The Kier molecular flexibility index (Phi) is 5.20. The van der Waals surface area contributed by atoms with Crippen molar-refractivity contribution in [2.24, 2.45) is 0 Å². The maximum absolute atomic E-state index is 12.7. The Labute approximate surface area is 156 Å². The number of aromatic nitrogens is 2. The topological polar surface area (TPSA) is 102 Å². The van der Waals surface area contributed by atoms with E-state index in [-0.39, 0.29) is 17.7 Å². The Balaban J connectivity index is 1.64. The third kappa shape index (κ3) is 4.13. The van der Waals surface area contributed by atoms with E-state index < -0.39 is 4.92 Å². The van der Waals surface area contributed by atoms with E-state index in [1.807, 2.05) is 25.1 Å². The van der Waals surface area contributed by atoms with Crippen LogP contribution in [0.25, 0.3) is 0 Å². The minimum atomic E-state index is -0.474. The highest BCUT2D eigenvalue weighted by atomic mass is 16.6. The molecule has 1 aliphatic rings. The third-order valence-corrected chi connectivity index (χ3v) is 4.46. The fraction of sp³-hybridized carbons (Fsp3) is 0.389. The van der Waals surface area contributed by atoms with Crippen LogP contribution in [-0.2, 0) is 0 Å². The minimum Gasteiger partial charge on any atom is -0.471 e. The van der Waals surface area contributed by atoms with Crippen LogP contribution in [0.1, 0.15) is 22.3 Å². The summed E-state index contributed by atoms with van der Waals surface area (Å²) in [7, 11) is 3.75. The van der Waals surface area contributed by atoms with Crippen LogP contribution in [0, 0.1) is 17.0 Å². The van der Waals surface area contributed by atoms with E-state index >= 15 is 0 Å². The summed E-state index contributed by atoms with van der Waals surface area (Å²) in [6.07, 6.45) is 0.477. The number of nitro groups is 1. The van der Waals surface area contributed by atoms with Crippen LogP contribution in [0.5, 0.6) is 5.88 Å². The van der Waals surface area contributed by atoms with E-state index in [2.05, 4.69) is 10.2 Å². The van der Waals surface area contributed by atoms with Gasteiger partial charge in [-0.1, -0.05) is 6.07 Å². The van der Waals surface area contributed by atoms with Crippen molar-refractivity contribution in [3.8, 4) is 5.88 Å². The molecule has 0 saturated carbocycles. The molecule has 0 spiro atoms. The van der Waals surface area contributed by atoms with Gasteiger partial charge in [-0.3, -0.25) is 14.9 Å². The zero-order valence-corrected chi connectivity index (χ0v) is 15.5. The average Bonchev–Trinajstić information content (AvgIpc) is 3.10. The number of hydrogen-bond donors (Lipinski definition) is 0. The molecule has 1 fully saturated rings. The first-order valence-electron chi connectivity index (χ1n) is 8.57. The van der Waals surface area contributed by atoms with Crippen LogP contribution in [0.2, 0.25) is 0 Å². The zero-order chi connectivity index (χ0) is 19.6. The number of nitrogens with zero attached hydrogens (tertiary/aromatic N) is 5. The molecule has 0 aliphatic carbocycles. The van der Waals surface area contributed by atoms with Crippen molar-refractivity contribution in [1.82, 2.24) is 15.1 Å². The molecule has 9 nitrogen and oxygen atoms in total. The Bertz CT molecular complexity index is 853. The highest BCUT2D eigenvalue weighted by molar-refractivity contribution is 5.95. The number of nitro benzene ring substituents is 1. The summed E-state index contributed by atoms with van der Waals surface area (Å²) in [6.45, 7) is 2.57. The monoisotopic (exact) mass is 371 g/mol. The van der Waals surface area contributed by atoms with Crippen LogP contribution in [0.4, 0.5) is 11.5 Å². The number of aryl methyl sites for hydroxylation is 1. The molecule has 27 heavy (non-hydrogen) atoms. The van der Waals surface area contributed by atoms with Crippen LogP contribution >= 0.6 is 0 Å². The van der Waals surface area contributed by atoms with Crippen molar-refractivity contribution in [2.75, 3.05) is 32.1 Å². The summed E-state index contributed by atoms with van der Waals surface area (Å²) >= 11 is 0. The molecule has 0 N–H and O–H groups in total. The van der Waals surface area contributed by atoms with Gasteiger partial charge in [-0.2, -0.15) is 0 Å². The van der Waals surface area contributed by atoms with Gasteiger partial charge >= 0.3 is 0 Å². The molecule has 1 saturated heterocycles. The molecule has 1 atom stereocenters. The fourth-order valence-electron chi connectivity index (χ4n) is 2.92. The second-order valence-corrected chi connectivity index (χ2v) is 6.66. The number of benzene rings is 1. The van der Waals surface area contributed by atoms with Gasteiger partial charge in [0.1, 0.15) is 6.10 Å². The number of rotatable bonds is 5. The van der Waals surface area contributed by atoms with Crippen LogP contribution < -0.4 is 9.64 Å². The van der Waals surface area contributed by atoms with E-state index in [0.29, 0.717) is 36.5 Å². The first kappa shape index (κ1) is 18.6. The molecule has 0 radical (unpaired) electrons. The number of hydrogen-bond acceptors (Lipinski definition) is 7. The molecule has 3 rings (SSSR count). The Morgan fingerprint density at radius 1 is 1.30 bits per heavy atom. The Morgan fingerprint density at radius 2 is 2.07 bits per heavy atom. The highest BCUT2D eigenvalue weighted by Gasteiger charge is 2.29. The molecule has 1 aromatic heterocycles. The Hall–Kier alpha value is -3.23. The Morgan fingerprint density at radius 3 is 2.70 bits per heavy atom. The normalized spacial score (nSPS) is 16.3. The SMILES string of the molecule is Cc1ccc(C(=O)N2CCC(Oc3ccc(N(C)C)nn3)C2)cc1[N+](=O)[O-].